The molecule has 0 bridgehead atoms. The molecule has 0 spiro atoms. The van der Waals surface area contributed by atoms with E-state index < -0.39 is 0 Å². The van der Waals surface area contributed by atoms with Gasteiger partial charge >= 0.3 is 0 Å². The summed E-state index contributed by atoms with van der Waals surface area (Å²) in [6.45, 7) is 1.95. The van der Waals surface area contributed by atoms with Crippen LogP contribution in [0.2, 0.25) is 0 Å². The highest BCUT2D eigenvalue weighted by Crippen LogP contribution is 2.42. The highest BCUT2D eigenvalue weighted by Gasteiger charge is 2.33. The normalized spacial score (nSPS) is 17.9. The second kappa shape index (κ2) is 3.32. The lowest BCUT2D eigenvalue weighted by Crippen LogP contribution is -2.12. The summed E-state index contributed by atoms with van der Waals surface area (Å²) in [4.78, 5) is 0. The molecule has 3 rings (SSSR count). The average Bonchev–Trinajstić information content (AvgIpc) is 3.05. The predicted octanol–water partition coefficient (Wildman–Crippen LogP) is 3.29. The third-order valence-corrected chi connectivity index (χ3v) is 3.37. The molecular formula is C13H14FNO. The Bertz CT molecular complexity index is 542. The minimum atomic E-state index is -0.233. The summed E-state index contributed by atoms with van der Waals surface area (Å²) >= 11 is 0. The molecule has 1 saturated carbocycles. The molecule has 16 heavy (non-hydrogen) atoms. The van der Waals surface area contributed by atoms with Crippen molar-refractivity contribution in [2.24, 2.45) is 11.7 Å². The molecule has 2 nitrogen and oxygen atoms in total. The van der Waals surface area contributed by atoms with Crippen molar-refractivity contribution in [3.8, 4) is 0 Å². The van der Waals surface area contributed by atoms with E-state index >= 15 is 0 Å². The third kappa shape index (κ3) is 1.43. The first-order valence-corrected chi connectivity index (χ1v) is 5.61. The van der Waals surface area contributed by atoms with E-state index in [2.05, 4.69) is 0 Å². The number of benzene rings is 1. The summed E-state index contributed by atoms with van der Waals surface area (Å²) in [5.41, 5.74) is 7.82. The van der Waals surface area contributed by atoms with Crippen LogP contribution in [0.3, 0.4) is 0 Å². The fourth-order valence-electron chi connectivity index (χ4n) is 2.20. The van der Waals surface area contributed by atoms with E-state index in [4.69, 9.17) is 10.2 Å². The van der Waals surface area contributed by atoms with Crippen LogP contribution in [0.15, 0.2) is 22.6 Å². The number of halogens is 1. The first kappa shape index (κ1) is 9.85. The number of fused-ring (bicyclic) bond motifs is 1. The van der Waals surface area contributed by atoms with Crippen LogP contribution in [0.25, 0.3) is 11.0 Å². The van der Waals surface area contributed by atoms with Gasteiger partial charge in [0.25, 0.3) is 0 Å². The zero-order chi connectivity index (χ0) is 11.3. The summed E-state index contributed by atoms with van der Waals surface area (Å²) in [5, 5.41) is 0.839. The number of rotatable bonds is 2. The Kier molecular flexibility index (Phi) is 2.04. The fraction of sp³-hybridized carbons (Fsp3) is 0.385. The Labute approximate surface area is 93.2 Å². The molecule has 84 valence electrons. The molecule has 2 aromatic rings. The molecule has 0 amide bonds. The van der Waals surface area contributed by atoms with E-state index in [9.17, 15) is 4.39 Å². The Morgan fingerprint density at radius 2 is 2.19 bits per heavy atom. The van der Waals surface area contributed by atoms with Crippen molar-refractivity contribution < 1.29 is 8.81 Å². The number of nitrogens with two attached hydrogens (primary N) is 1. The fourth-order valence-corrected chi connectivity index (χ4v) is 2.20. The molecule has 1 heterocycles. The number of furan rings is 1. The summed E-state index contributed by atoms with van der Waals surface area (Å²) in [5.74, 6) is 1.13. The second-order valence-electron chi connectivity index (χ2n) is 4.60. The lowest BCUT2D eigenvalue weighted by molar-refractivity contribution is 0.463. The van der Waals surface area contributed by atoms with Crippen LogP contribution in [0, 0.1) is 18.7 Å². The third-order valence-electron chi connectivity index (χ3n) is 3.37. The predicted molar refractivity (Wildman–Crippen MR) is 60.6 cm³/mol. The van der Waals surface area contributed by atoms with E-state index in [1.165, 1.54) is 25.0 Å². The lowest BCUT2D eigenvalue weighted by Gasteiger charge is -2.07. The van der Waals surface area contributed by atoms with Gasteiger partial charge in [-0.15, -0.1) is 0 Å². The lowest BCUT2D eigenvalue weighted by atomic mass is 10.1. The maximum atomic E-state index is 13.1. The number of hydrogen-bond donors (Lipinski definition) is 1. The molecule has 1 aromatic carbocycles. The summed E-state index contributed by atoms with van der Waals surface area (Å²) in [6.07, 6.45) is 2.35. The highest BCUT2D eigenvalue weighted by molar-refractivity contribution is 5.82. The van der Waals surface area contributed by atoms with Crippen molar-refractivity contribution >= 4 is 11.0 Å². The Morgan fingerprint density at radius 3 is 2.88 bits per heavy atom. The van der Waals surface area contributed by atoms with Crippen molar-refractivity contribution in [2.75, 3.05) is 0 Å². The Hall–Kier alpha value is -1.35. The maximum absolute atomic E-state index is 13.1. The monoisotopic (exact) mass is 219 g/mol. The first-order valence-electron chi connectivity index (χ1n) is 5.61. The van der Waals surface area contributed by atoms with Gasteiger partial charge in [0.2, 0.25) is 0 Å². The van der Waals surface area contributed by atoms with Gasteiger partial charge in [0, 0.05) is 10.9 Å². The van der Waals surface area contributed by atoms with Crippen LogP contribution < -0.4 is 5.73 Å². The molecule has 1 aromatic heterocycles. The smallest absolute Gasteiger partial charge is 0.134 e. The van der Waals surface area contributed by atoms with Gasteiger partial charge in [0.05, 0.1) is 6.04 Å². The highest BCUT2D eigenvalue weighted by atomic mass is 19.1. The molecule has 0 saturated heterocycles. The van der Waals surface area contributed by atoms with Gasteiger partial charge in [-0.05, 0) is 43.9 Å². The van der Waals surface area contributed by atoms with Crippen LogP contribution in [-0.2, 0) is 0 Å². The average molecular weight is 219 g/mol. The molecule has 1 fully saturated rings. The molecule has 1 atom stereocenters. The zero-order valence-electron chi connectivity index (χ0n) is 9.16. The van der Waals surface area contributed by atoms with Crippen molar-refractivity contribution in [3.63, 3.8) is 0 Å². The molecule has 1 aliphatic carbocycles. The summed E-state index contributed by atoms with van der Waals surface area (Å²) < 4.78 is 18.9. The Morgan fingerprint density at radius 1 is 1.44 bits per heavy atom. The number of hydrogen-bond acceptors (Lipinski definition) is 2. The van der Waals surface area contributed by atoms with Gasteiger partial charge in [-0.3, -0.25) is 0 Å². The summed E-state index contributed by atoms with van der Waals surface area (Å²) in [6, 6.07) is 4.56. The maximum Gasteiger partial charge on any atom is 0.134 e. The molecule has 0 radical (unpaired) electrons. The molecule has 1 unspecified atom stereocenters. The molecule has 3 heteroatoms. The molecule has 2 N–H and O–H groups in total. The van der Waals surface area contributed by atoms with Crippen LogP contribution in [0.5, 0.6) is 0 Å². The van der Waals surface area contributed by atoms with Gasteiger partial charge in [-0.2, -0.15) is 0 Å². The van der Waals surface area contributed by atoms with Crippen molar-refractivity contribution in [1.82, 2.24) is 0 Å². The van der Waals surface area contributed by atoms with Gasteiger partial charge in [0.15, 0.2) is 0 Å². The Balaban J connectivity index is 2.14. The van der Waals surface area contributed by atoms with Crippen molar-refractivity contribution in [1.29, 1.82) is 0 Å². The van der Waals surface area contributed by atoms with Gasteiger partial charge < -0.3 is 10.2 Å². The van der Waals surface area contributed by atoms with E-state index in [0.717, 1.165) is 22.3 Å². The first-order chi connectivity index (χ1) is 7.66. The largest absolute Gasteiger partial charge is 0.459 e. The van der Waals surface area contributed by atoms with Gasteiger partial charge in [-0.25, -0.2) is 4.39 Å². The molecular weight excluding hydrogens is 205 g/mol. The van der Waals surface area contributed by atoms with E-state index in [-0.39, 0.29) is 11.9 Å². The van der Waals surface area contributed by atoms with E-state index in [1.807, 2.05) is 6.92 Å². The molecule has 1 aliphatic rings. The van der Waals surface area contributed by atoms with Crippen LogP contribution >= 0.6 is 0 Å². The zero-order valence-corrected chi connectivity index (χ0v) is 9.16. The molecule has 0 aliphatic heterocycles. The van der Waals surface area contributed by atoms with Crippen LogP contribution in [0.1, 0.15) is 30.2 Å². The standard InChI is InChI=1S/C13H14FNO/c1-7-10-6-9(14)4-5-11(10)16-13(7)12(15)8-2-3-8/h4-6,8,12H,2-3,15H2,1H3. The quantitative estimate of drug-likeness (QED) is 0.841. The second-order valence-corrected chi connectivity index (χ2v) is 4.60. The van der Waals surface area contributed by atoms with E-state index in [0.29, 0.717) is 5.92 Å². The van der Waals surface area contributed by atoms with Crippen LogP contribution in [0.4, 0.5) is 4.39 Å². The SMILES string of the molecule is Cc1c(C(N)C2CC2)oc2ccc(F)cc12. The van der Waals surface area contributed by atoms with Crippen LogP contribution in [-0.4, -0.2) is 0 Å². The van der Waals surface area contributed by atoms with Gasteiger partial charge in [0.1, 0.15) is 17.2 Å². The van der Waals surface area contributed by atoms with Crippen molar-refractivity contribution in [2.45, 2.75) is 25.8 Å². The van der Waals surface area contributed by atoms with E-state index in [1.54, 1.807) is 6.07 Å². The van der Waals surface area contributed by atoms with Crippen molar-refractivity contribution in [3.05, 3.63) is 35.3 Å². The van der Waals surface area contributed by atoms with Gasteiger partial charge in [-0.1, -0.05) is 0 Å². The summed E-state index contributed by atoms with van der Waals surface area (Å²) in [7, 11) is 0. The number of aryl methyl sites for hydroxylation is 1. The minimum Gasteiger partial charge on any atom is -0.459 e. The minimum absolute atomic E-state index is 0.0320. The topological polar surface area (TPSA) is 39.2 Å².